The molecule has 0 aliphatic carbocycles. The van der Waals surface area contributed by atoms with E-state index in [1.807, 2.05) is 31.4 Å². The number of hydrogen-bond donors (Lipinski definition) is 1. The summed E-state index contributed by atoms with van der Waals surface area (Å²) in [6.45, 7) is 3.96. The smallest absolute Gasteiger partial charge is 0.158 e. The maximum Gasteiger partial charge on any atom is 0.158 e. The van der Waals surface area contributed by atoms with E-state index in [2.05, 4.69) is 26.3 Å². The van der Waals surface area contributed by atoms with Crippen LogP contribution in [0.1, 0.15) is 10.7 Å². The second-order valence-electron chi connectivity index (χ2n) is 4.06. The van der Waals surface area contributed by atoms with Crippen molar-refractivity contribution in [2.75, 3.05) is 5.32 Å². The third-order valence-corrected chi connectivity index (χ3v) is 3.39. The van der Waals surface area contributed by atoms with Crippen LogP contribution in [0, 0.1) is 13.8 Å². The molecule has 18 heavy (non-hydrogen) atoms. The molecule has 0 saturated heterocycles. The van der Waals surface area contributed by atoms with Gasteiger partial charge in [-0.2, -0.15) is 0 Å². The fraction of sp³-hybridized carbons (Fsp3) is 0.154. The fourth-order valence-electron chi connectivity index (χ4n) is 1.78. The first-order valence-corrected chi connectivity index (χ1v) is 6.52. The van der Waals surface area contributed by atoms with Gasteiger partial charge in [-0.15, -0.1) is 11.3 Å². The van der Waals surface area contributed by atoms with Crippen LogP contribution < -0.4 is 5.32 Å². The highest BCUT2D eigenvalue weighted by atomic mass is 32.1. The summed E-state index contributed by atoms with van der Waals surface area (Å²) in [4.78, 5) is 13.2. The number of aromatic nitrogens is 3. The Kier molecular flexibility index (Phi) is 2.68. The van der Waals surface area contributed by atoms with Gasteiger partial charge in [-0.25, -0.2) is 15.0 Å². The Morgan fingerprint density at radius 3 is 2.78 bits per heavy atom. The number of hydrogen-bond acceptors (Lipinski definition) is 5. The van der Waals surface area contributed by atoms with Gasteiger partial charge in [0.15, 0.2) is 5.82 Å². The summed E-state index contributed by atoms with van der Waals surface area (Å²) in [5.74, 6) is 1.57. The molecule has 0 fully saturated rings. The zero-order valence-corrected chi connectivity index (χ0v) is 11.0. The third kappa shape index (κ3) is 2.04. The molecular weight excluding hydrogens is 244 g/mol. The van der Waals surface area contributed by atoms with Crippen molar-refractivity contribution in [1.29, 1.82) is 0 Å². The predicted octanol–water partition coefficient (Wildman–Crippen LogP) is 3.45. The molecule has 0 spiro atoms. The van der Waals surface area contributed by atoms with Crippen LogP contribution in [0.2, 0.25) is 0 Å². The van der Waals surface area contributed by atoms with Gasteiger partial charge in [-0.3, -0.25) is 0 Å². The van der Waals surface area contributed by atoms with E-state index in [9.17, 15) is 0 Å². The number of pyridine rings is 2. The second kappa shape index (κ2) is 4.34. The largest absolute Gasteiger partial charge is 0.322 e. The average molecular weight is 256 g/mol. The van der Waals surface area contributed by atoms with Gasteiger partial charge in [0.2, 0.25) is 0 Å². The van der Waals surface area contributed by atoms with Gasteiger partial charge in [0.1, 0.15) is 11.3 Å². The van der Waals surface area contributed by atoms with E-state index in [1.165, 1.54) is 0 Å². The highest BCUT2D eigenvalue weighted by Gasteiger charge is 2.06. The summed E-state index contributed by atoms with van der Waals surface area (Å²) in [6.07, 6.45) is 1.78. The molecule has 3 heterocycles. The minimum absolute atomic E-state index is 0.751. The lowest BCUT2D eigenvalue weighted by atomic mass is 10.2. The molecule has 0 aromatic carbocycles. The molecule has 3 aromatic rings. The molecule has 5 heteroatoms. The van der Waals surface area contributed by atoms with Gasteiger partial charge < -0.3 is 5.32 Å². The SMILES string of the molecule is Cc1ccc2ccnc(Nc3csc(C)n3)c2n1. The number of thiazole rings is 1. The Labute approximate surface area is 109 Å². The Morgan fingerprint density at radius 1 is 1.11 bits per heavy atom. The Morgan fingerprint density at radius 2 is 2.00 bits per heavy atom. The number of anilines is 2. The van der Waals surface area contributed by atoms with Crippen LogP contribution in [-0.4, -0.2) is 15.0 Å². The Bertz CT molecular complexity index is 705. The maximum absolute atomic E-state index is 4.53. The molecule has 0 aliphatic heterocycles. The topological polar surface area (TPSA) is 50.7 Å². The molecule has 0 aliphatic rings. The Balaban J connectivity index is 2.08. The molecule has 3 aromatic heterocycles. The van der Waals surface area contributed by atoms with Crippen molar-refractivity contribution in [1.82, 2.24) is 15.0 Å². The van der Waals surface area contributed by atoms with Crippen LogP contribution in [0.3, 0.4) is 0 Å². The third-order valence-electron chi connectivity index (χ3n) is 2.61. The Hall–Kier alpha value is -2.01. The summed E-state index contributed by atoms with van der Waals surface area (Å²) < 4.78 is 0. The van der Waals surface area contributed by atoms with Gasteiger partial charge >= 0.3 is 0 Å². The summed E-state index contributed by atoms with van der Waals surface area (Å²) >= 11 is 1.61. The van der Waals surface area contributed by atoms with Crippen LogP contribution in [0.4, 0.5) is 11.6 Å². The first-order chi connectivity index (χ1) is 8.72. The number of fused-ring (bicyclic) bond motifs is 1. The van der Waals surface area contributed by atoms with Crippen molar-refractivity contribution in [3.8, 4) is 0 Å². The second-order valence-corrected chi connectivity index (χ2v) is 5.12. The van der Waals surface area contributed by atoms with Gasteiger partial charge in [0.25, 0.3) is 0 Å². The molecule has 0 atom stereocenters. The first kappa shape index (κ1) is 11.1. The molecule has 0 saturated carbocycles. The lowest BCUT2D eigenvalue weighted by Gasteiger charge is -2.06. The van der Waals surface area contributed by atoms with E-state index in [0.717, 1.165) is 33.2 Å². The van der Waals surface area contributed by atoms with E-state index >= 15 is 0 Å². The number of nitrogens with one attached hydrogen (secondary N) is 1. The molecule has 1 N–H and O–H groups in total. The molecule has 90 valence electrons. The molecular formula is C13H12N4S. The van der Waals surface area contributed by atoms with E-state index < -0.39 is 0 Å². The van der Waals surface area contributed by atoms with Crippen molar-refractivity contribution < 1.29 is 0 Å². The van der Waals surface area contributed by atoms with Crippen LogP contribution >= 0.6 is 11.3 Å². The molecule has 0 unspecified atom stereocenters. The number of rotatable bonds is 2. The standard InChI is InChI=1S/C13H12N4S/c1-8-3-4-10-5-6-14-13(12(10)15-8)17-11-7-18-9(2)16-11/h3-7H,1-2H3,(H,14,17). The molecule has 0 radical (unpaired) electrons. The summed E-state index contributed by atoms with van der Waals surface area (Å²) in [7, 11) is 0. The normalized spacial score (nSPS) is 10.8. The summed E-state index contributed by atoms with van der Waals surface area (Å²) in [6, 6.07) is 6.01. The predicted molar refractivity (Wildman–Crippen MR) is 74.4 cm³/mol. The van der Waals surface area contributed by atoms with Gasteiger partial charge in [0.05, 0.1) is 5.01 Å². The molecule has 0 bridgehead atoms. The van der Waals surface area contributed by atoms with E-state index in [4.69, 9.17) is 0 Å². The molecule has 3 rings (SSSR count). The monoisotopic (exact) mass is 256 g/mol. The average Bonchev–Trinajstić information content (AvgIpc) is 2.76. The van der Waals surface area contributed by atoms with Crippen molar-refractivity contribution in [3.63, 3.8) is 0 Å². The van der Waals surface area contributed by atoms with E-state index in [1.54, 1.807) is 17.5 Å². The van der Waals surface area contributed by atoms with Crippen LogP contribution in [0.25, 0.3) is 10.9 Å². The molecule has 0 amide bonds. The molecule has 4 nitrogen and oxygen atoms in total. The van der Waals surface area contributed by atoms with Gasteiger partial charge in [-0.05, 0) is 26.0 Å². The van der Waals surface area contributed by atoms with E-state index in [0.29, 0.717) is 0 Å². The van der Waals surface area contributed by atoms with Crippen molar-refractivity contribution in [2.45, 2.75) is 13.8 Å². The lowest BCUT2D eigenvalue weighted by Crippen LogP contribution is -1.97. The highest BCUT2D eigenvalue weighted by Crippen LogP contribution is 2.23. The maximum atomic E-state index is 4.53. The summed E-state index contributed by atoms with van der Waals surface area (Å²) in [5, 5.41) is 7.30. The number of aryl methyl sites for hydroxylation is 2. The van der Waals surface area contributed by atoms with E-state index in [-0.39, 0.29) is 0 Å². The fourth-order valence-corrected chi connectivity index (χ4v) is 2.32. The zero-order valence-electron chi connectivity index (χ0n) is 10.1. The van der Waals surface area contributed by atoms with Crippen LogP contribution in [0.5, 0.6) is 0 Å². The lowest BCUT2D eigenvalue weighted by molar-refractivity contribution is 1.21. The minimum atomic E-state index is 0.751. The van der Waals surface area contributed by atoms with Gasteiger partial charge in [0, 0.05) is 22.7 Å². The summed E-state index contributed by atoms with van der Waals surface area (Å²) in [5.41, 5.74) is 1.86. The quantitative estimate of drug-likeness (QED) is 0.763. The first-order valence-electron chi connectivity index (χ1n) is 5.64. The van der Waals surface area contributed by atoms with Gasteiger partial charge in [-0.1, -0.05) is 6.07 Å². The zero-order chi connectivity index (χ0) is 12.5. The number of nitrogens with zero attached hydrogens (tertiary/aromatic N) is 3. The highest BCUT2D eigenvalue weighted by molar-refractivity contribution is 7.09. The van der Waals surface area contributed by atoms with Crippen molar-refractivity contribution in [3.05, 3.63) is 40.5 Å². The van der Waals surface area contributed by atoms with Crippen molar-refractivity contribution in [2.24, 2.45) is 0 Å². The van der Waals surface area contributed by atoms with Crippen molar-refractivity contribution >= 4 is 33.9 Å². The van der Waals surface area contributed by atoms with Crippen LogP contribution in [0.15, 0.2) is 29.8 Å². The minimum Gasteiger partial charge on any atom is -0.322 e. The van der Waals surface area contributed by atoms with Crippen LogP contribution in [-0.2, 0) is 0 Å².